The minimum absolute atomic E-state index is 0.104. The van der Waals surface area contributed by atoms with E-state index in [0.717, 1.165) is 49.1 Å². The molecule has 5 fully saturated rings. The number of amides is 2. The first-order valence-corrected chi connectivity index (χ1v) is 10.6. The number of hydrogen-bond donors (Lipinski definition) is 1. The molecule has 0 spiro atoms. The number of hydrazone groups is 1. The molecule has 144 valence electrons. The van der Waals surface area contributed by atoms with Crippen LogP contribution in [0.15, 0.2) is 5.10 Å². The quantitative estimate of drug-likeness (QED) is 0.603. The minimum atomic E-state index is -0.162. The van der Waals surface area contributed by atoms with Crippen LogP contribution in [0.25, 0.3) is 0 Å². The third-order valence-electron chi connectivity index (χ3n) is 7.17. The van der Waals surface area contributed by atoms with Crippen LogP contribution in [0.2, 0.25) is 0 Å². The molecule has 1 N–H and O–H groups in total. The molecule has 5 rings (SSSR count). The van der Waals surface area contributed by atoms with Crippen molar-refractivity contribution in [3.05, 3.63) is 0 Å². The van der Waals surface area contributed by atoms with E-state index in [-0.39, 0.29) is 18.4 Å². The summed E-state index contributed by atoms with van der Waals surface area (Å²) in [5, 5.41) is 4.39. The molecule has 5 aliphatic rings. The summed E-state index contributed by atoms with van der Waals surface area (Å²) < 4.78 is 0. The second kappa shape index (κ2) is 7.32. The molecule has 5 nitrogen and oxygen atoms in total. The summed E-state index contributed by atoms with van der Waals surface area (Å²) in [5.74, 6) is 2.77. The maximum Gasteiger partial charge on any atom is 0.259 e. The maximum atomic E-state index is 12.2. The lowest BCUT2D eigenvalue weighted by atomic mass is 9.48. The van der Waals surface area contributed by atoms with Crippen LogP contribution in [0.3, 0.4) is 0 Å². The lowest BCUT2D eigenvalue weighted by Crippen LogP contribution is -2.46. The minimum Gasteiger partial charge on any atom is -0.333 e. The Bertz CT molecular complexity index is 563. The summed E-state index contributed by atoms with van der Waals surface area (Å²) in [7, 11) is 0. The van der Waals surface area contributed by atoms with Gasteiger partial charge in [-0.1, -0.05) is 6.42 Å². The standard InChI is InChI=1S/C21H33N3O2/c1-15(10-21-11-16-7-17(12-21)9-18(8-16)13-21)22-23-19(25)14-24-6-4-2-3-5-20(24)26/h16-18H,2-14H2,1H3,(H,23,25)/b22-15+. The van der Waals surface area contributed by atoms with Gasteiger partial charge in [0.05, 0.1) is 0 Å². The second-order valence-electron chi connectivity index (χ2n) is 9.60. The zero-order valence-electron chi connectivity index (χ0n) is 16.1. The molecule has 1 heterocycles. The van der Waals surface area contributed by atoms with E-state index >= 15 is 0 Å². The highest BCUT2D eigenvalue weighted by atomic mass is 16.2. The van der Waals surface area contributed by atoms with Gasteiger partial charge in [-0.15, -0.1) is 0 Å². The van der Waals surface area contributed by atoms with E-state index in [4.69, 9.17) is 0 Å². The largest absolute Gasteiger partial charge is 0.333 e. The molecule has 0 radical (unpaired) electrons. The molecule has 5 heteroatoms. The Balaban J connectivity index is 1.29. The summed E-state index contributed by atoms with van der Waals surface area (Å²) in [6.45, 7) is 2.89. The Morgan fingerprint density at radius 2 is 1.77 bits per heavy atom. The van der Waals surface area contributed by atoms with Crippen molar-refractivity contribution in [2.75, 3.05) is 13.1 Å². The molecule has 0 aromatic rings. The number of hydrogen-bond acceptors (Lipinski definition) is 3. The maximum absolute atomic E-state index is 12.2. The number of likely N-dealkylation sites (tertiary alicyclic amines) is 1. The molecule has 1 saturated heterocycles. The Hall–Kier alpha value is -1.39. The van der Waals surface area contributed by atoms with Gasteiger partial charge in [0.1, 0.15) is 6.54 Å². The molecule has 0 unspecified atom stereocenters. The number of rotatable bonds is 5. The van der Waals surface area contributed by atoms with Crippen molar-refractivity contribution in [1.82, 2.24) is 10.3 Å². The average Bonchev–Trinajstić information content (AvgIpc) is 2.76. The third-order valence-corrected chi connectivity index (χ3v) is 7.17. The van der Waals surface area contributed by atoms with Gasteiger partial charge in [0.15, 0.2) is 0 Å². The van der Waals surface area contributed by atoms with Crippen LogP contribution in [0.4, 0.5) is 0 Å². The molecule has 4 bridgehead atoms. The zero-order chi connectivity index (χ0) is 18.1. The predicted octanol–water partition coefficient (Wildman–Crippen LogP) is 3.49. The highest BCUT2D eigenvalue weighted by Gasteiger charge is 2.50. The first-order valence-electron chi connectivity index (χ1n) is 10.6. The molecule has 0 aromatic carbocycles. The van der Waals surface area contributed by atoms with Crippen LogP contribution < -0.4 is 5.43 Å². The van der Waals surface area contributed by atoms with E-state index in [0.29, 0.717) is 18.4 Å². The van der Waals surface area contributed by atoms with E-state index in [2.05, 4.69) is 17.5 Å². The second-order valence-corrected chi connectivity index (χ2v) is 9.60. The number of carbonyl (C=O) groups is 2. The van der Waals surface area contributed by atoms with Gasteiger partial charge in [0.25, 0.3) is 5.91 Å². The van der Waals surface area contributed by atoms with Crippen LogP contribution in [0, 0.1) is 23.2 Å². The summed E-state index contributed by atoms with van der Waals surface area (Å²) in [6.07, 6.45) is 13.1. The van der Waals surface area contributed by atoms with E-state index in [9.17, 15) is 9.59 Å². The molecule has 4 aliphatic carbocycles. The topological polar surface area (TPSA) is 61.8 Å². The Labute approximate surface area is 157 Å². The highest BCUT2D eigenvalue weighted by Crippen LogP contribution is 2.61. The van der Waals surface area contributed by atoms with Crippen LogP contribution in [0.1, 0.15) is 77.6 Å². The van der Waals surface area contributed by atoms with E-state index in [1.54, 1.807) is 4.90 Å². The molecule has 0 atom stereocenters. The van der Waals surface area contributed by atoms with Gasteiger partial charge in [0.2, 0.25) is 5.91 Å². The molecule has 26 heavy (non-hydrogen) atoms. The fourth-order valence-electron chi connectivity index (χ4n) is 6.66. The lowest BCUT2D eigenvalue weighted by Gasteiger charge is -2.57. The first kappa shape index (κ1) is 18.0. The van der Waals surface area contributed by atoms with Crippen LogP contribution in [-0.2, 0) is 9.59 Å². The SMILES string of the molecule is C/C(CC12CC3CC(CC(C3)C1)C2)=N\NC(=O)CN1CCCCCC1=O. The van der Waals surface area contributed by atoms with Crippen molar-refractivity contribution < 1.29 is 9.59 Å². The third kappa shape index (κ3) is 3.96. The van der Waals surface area contributed by atoms with Crippen molar-refractivity contribution >= 4 is 17.5 Å². The number of carbonyl (C=O) groups excluding carboxylic acids is 2. The molecule has 0 aromatic heterocycles. The molecule has 2 amide bonds. The van der Waals surface area contributed by atoms with Crippen LogP contribution >= 0.6 is 0 Å². The first-order chi connectivity index (χ1) is 12.5. The van der Waals surface area contributed by atoms with Crippen molar-refractivity contribution in [3.63, 3.8) is 0 Å². The molecule has 4 saturated carbocycles. The monoisotopic (exact) mass is 359 g/mol. The summed E-state index contributed by atoms with van der Waals surface area (Å²) in [6, 6.07) is 0. The van der Waals surface area contributed by atoms with Crippen LogP contribution in [0.5, 0.6) is 0 Å². The number of nitrogens with one attached hydrogen (secondary N) is 1. The van der Waals surface area contributed by atoms with Gasteiger partial charge in [-0.05, 0) is 87.9 Å². The van der Waals surface area contributed by atoms with Crippen LogP contribution in [-0.4, -0.2) is 35.5 Å². The predicted molar refractivity (Wildman–Crippen MR) is 102 cm³/mol. The van der Waals surface area contributed by atoms with Gasteiger partial charge < -0.3 is 4.90 Å². The Kier molecular flexibility index (Phi) is 5.07. The van der Waals surface area contributed by atoms with E-state index < -0.39 is 0 Å². The fraction of sp³-hybridized carbons (Fsp3) is 0.857. The molecular formula is C21H33N3O2. The zero-order valence-corrected chi connectivity index (χ0v) is 16.1. The van der Waals surface area contributed by atoms with Gasteiger partial charge in [0, 0.05) is 18.7 Å². The summed E-state index contributed by atoms with van der Waals surface area (Å²) in [5.41, 5.74) is 4.20. The van der Waals surface area contributed by atoms with Crippen molar-refractivity contribution in [1.29, 1.82) is 0 Å². The Morgan fingerprint density at radius 3 is 2.42 bits per heavy atom. The average molecular weight is 360 g/mol. The normalized spacial score (nSPS) is 37.0. The van der Waals surface area contributed by atoms with E-state index in [1.807, 2.05) is 0 Å². The van der Waals surface area contributed by atoms with Gasteiger partial charge >= 0.3 is 0 Å². The fourth-order valence-corrected chi connectivity index (χ4v) is 6.66. The summed E-state index contributed by atoms with van der Waals surface area (Å²) >= 11 is 0. The Morgan fingerprint density at radius 1 is 1.12 bits per heavy atom. The van der Waals surface area contributed by atoms with Crippen molar-refractivity contribution in [2.24, 2.45) is 28.3 Å². The number of nitrogens with zero attached hydrogens (tertiary/aromatic N) is 2. The molecular weight excluding hydrogens is 326 g/mol. The van der Waals surface area contributed by atoms with Gasteiger partial charge in [-0.3, -0.25) is 9.59 Å². The highest BCUT2D eigenvalue weighted by molar-refractivity contribution is 5.87. The van der Waals surface area contributed by atoms with Gasteiger partial charge in [-0.25, -0.2) is 5.43 Å². The smallest absolute Gasteiger partial charge is 0.259 e. The molecule has 1 aliphatic heterocycles. The van der Waals surface area contributed by atoms with Crippen molar-refractivity contribution in [2.45, 2.75) is 77.6 Å². The van der Waals surface area contributed by atoms with Crippen molar-refractivity contribution in [3.8, 4) is 0 Å². The van der Waals surface area contributed by atoms with E-state index in [1.165, 1.54) is 38.5 Å². The summed E-state index contributed by atoms with van der Waals surface area (Å²) in [4.78, 5) is 25.9. The van der Waals surface area contributed by atoms with Gasteiger partial charge in [-0.2, -0.15) is 5.10 Å². The lowest BCUT2D eigenvalue weighted by molar-refractivity contribution is -0.135.